The Balaban J connectivity index is 1.44. The molecular formula is C32H30O10. The van der Waals surface area contributed by atoms with Gasteiger partial charge >= 0.3 is 11.9 Å². The van der Waals surface area contributed by atoms with Crippen molar-refractivity contribution in [2.45, 2.75) is 0 Å². The second-order valence-corrected chi connectivity index (χ2v) is 8.66. The molecule has 0 fully saturated rings. The van der Waals surface area contributed by atoms with Crippen molar-refractivity contribution in [2.75, 3.05) is 42.7 Å². The van der Waals surface area contributed by atoms with Crippen molar-refractivity contribution < 1.29 is 47.5 Å². The highest BCUT2D eigenvalue weighted by Crippen LogP contribution is 2.39. The summed E-state index contributed by atoms with van der Waals surface area (Å²) in [7, 11) is 8.85. The van der Waals surface area contributed by atoms with Crippen LogP contribution in [0, 0.1) is 0 Å². The molecule has 0 amide bonds. The van der Waals surface area contributed by atoms with Gasteiger partial charge in [-0.15, -0.1) is 0 Å². The largest absolute Gasteiger partial charge is 0.493 e. The van der Waals surface area contributed by atoms with Gasteiger partial charge in [-0.25, -0.2) is 9.59 Å². The Morgan fingerprint density at radius 1 is 0.429 bits per heavy atom. The van der Waals surface area contributed by atoms with Crippen molar-refractivity contribution in [3.8, 4) is 57.1 Å². The molecule has 4 rings (SSSR count). The second-order valence-electron chi connectivity index (χ2n) is 8.66. The molecule has 10 heteroatoms. The molecule has 0 radical (unpaired) electrons. The summed E-state index contributed by atoms with van der Waals surface area (Å²) in [6, 6.07) is 20.1. The summed E-state index contributed by atoms with van der Waals surface area (Å²) in [4.78, 5) is 25.6. The van der Waals surface area contributed by atoms with Gasteiger partial charge in [-0.3, -0.25) is 0 Å². The smallest absolute Gasteiger partial charge is 0.343 e. The number of benzene rings is 4. The van der Waals surface area contributed by atoms with Gasteiger partial charge in [-0.2, -0.15) is 0 Å². The molecule has 0 aliphatic carbocycles. The van der Waals surface area contributed by atoms with Crippen LogP contribution < -0.4 is 37.9 Å². The molecule has 0 saturated heterocycles. The van der Waals surface area contributed by atoms with E-state index in [0.29, 0.717) is 46.0 Å². The van der Waals surface area contributed by atoms with Gasteiger partial charge in [0.1, 0.15) is 11.5 Å². The van der Waals surface area contributed by atoms with Crippen LogP contribution in [0.1, 0.15) is 20.7 Å². The van der Waals surface area contributed by atoms with E-state index in [4.69, 9.17) is 37.9 Å². The molecule has 0 heterocycles. The molecule has 0 atom stereocenters. The average molecular weight is 575 g/mol. The van der Waals surface area contributed by atoms with E-state index < -0.39 is 11.9 Å². The van der Waals surface area contributed by atoms with Gasteiger partial charge in [0.05, 0.1) is 53.8 Å². The fourth-order valence-electron chi connectivity index (χ4n) is 4.16. The maximum atomic E-state index is 12.8. The van der Waals surface area contributed by atoms with Crippen molar-refractivity contribution in [2.24, 2.45) is 0 Å². The maximum absolute atomic E-state index is 12.8. The lowest BCUT2D eigenvalue weighted by Crippen LogP contribution is -2.09. The van der Waals surface area contributed by atoms with Crippen molar-refractivity contribution >= 4 is 11.9 Å². The molecule has 0 unspecified atom stereocenters. The summed E-state index contributed by atoms with van der Waals surface area (Å²) < 4.78 is 42.9. The predicted octanol–water partition coefficient (Wildman–Crippen LogP) is 5.84. The SMILES string of the molecule is COc1cc(C(=O)Oc2ccc(-c3ccc(OC(=O)c4cc(OC)c(OC)c(OC)c4)cc3)cc2)cc(OC)c1OC. The van der Waals surface area contributed by atoms with Gasteiger partial charge in [0.2, 0.25) is 11.5 Å². The molecule has 0 N–H and O–H groups in total. The summed E-state index contributed by atoms with van der Waals surface area (Å²) in [6.07, 6.45) is 0. The fraction of sp³-hybridized carbons (Fsp3) is 0.188. The number of hydrogen-bond acceptors (Lipinski definition) is 10. The van der Waals surface area contributed by atoms with Crippen LogP contribution in [0.5, 0.6) is 46.0 Å². The lowest BCUT2D eigenvalue weighted by molar-refractivity contribution is 0.0724. The molecule has 0 aliphatic heterocycles. The highest BCUT2D eigenvalue weighted by atomic mass is 16.6. The third kappa shape index (κ3) is 6.33. The molecule has 0 aromatic heterocycles. The zero-order valence-electron chi connectivity index (χ0n) is 24.0. The first-order valence-corrected chi connectivity index (χ1v) is 12.6. The average Bonchev–Trinajstić information content (AvgIpc) is 3.03. The Labute approximate surface area is 243 Å². The summed E-state index contributed by atoms with van der Waals surface area (Å²) in [5, 5.41) is 0. The monoisotopic (exact) mass is 574 g/mol. The number of rotatable bonds is 11. The van der Waals surface area contributed by atoms with Gasteiger partial charge in [0.25, 0.3) is 0 Å². The quantitative estimate of drug-likeness (QED) is 0.160. The van der Waals surface area contributed by atoms with E-state index in [1.165, 1.54) is 66.9 Å². The molecule has 0 saturated carbocycles. The van der Waals surface area contributed by atoms with Crippen LogP contribution in [0.25, 0.3) is 11.1 Å². The van der Waals surface area contributed by atoms with E-state index in [9.17, 15) is 9.59 Å². The number of carbonyl (C=O) groups excluding carboxylic acids is 2. The lowest BCUT2D eigenvalue weighted by atomic mass is 10.1. The minimum absolute atomic E-state index is 0.241. The molecule has 4 aromatic carbocycles. The molecule has 0 aliphatic rings. The van der Waals surface area contributed by atoms with E-state index in [1.54, 1.807) is 24.3 Å². The number of esters is 2. The van der Waals surface area contributed by atoms with Crippen LogP contribution in [-0.4, -0.2) is 54.6 Å². The molecule has 218 valence electrons. The van der Waals surface area contributed by atoms with Crippen molar-refractivity contribution in [3.63, 3.8) is 0 Å². The standard InChI is InChI=1S/C32H30O10/c1-35-25-15-21(16-26(36-2)29(25)39-5)31(33)41-23-11-7-19(8-12-23)20-9-13-24(14-10-20)42-32(34)22-17-27(37-3)30(40-6)28(18-22)38-4/h7-18H,1-6H3. The van der Waals surface area contributed by atoms with E-state index in [-0.39, 0.29) is 11.1 Å². The number of ether oxygens (including phenoxy) is 8. The van der Waals surface area contributed by atoms with Gasteiger partial charge in [0, 0.05) is 0 Å². The first-order valence-electron chi connectivity index (χ1n) is 12.6. The maximum Gasteiger partial charge on any atom is 0.343 e. The second kappa shape index (κ2) is 13.3. The van der Waals surface area contributed by atoms with Crippen LogP contribution in [0.4, 0.5) is 0 Å². The normalized spacial score (nSPS) is 10.3. The Bertz CT molecular complexity index is 1390. The van der Waals surface area contributed by atoms with Crippen molar-refractivity contribution in [1.82, 2.24) is 0 Å². The molecule has 42 heavy (non-hydrogen) atoms. The summed E-state index contributed by atoms with van der Waals surface area (Å²) in [5.74, 6) is 1.68. The fourth-order valence-corrected chi connectivity index (χ4v) is 4.16. The molecular weight excluding hydrogens is 544 g/mol. The minimum Gasteiger partial charge on any atom is -0.493 e. The third-order valence-electron chi connectivity index (χ3n) is 6.26. The summed E-state index contributed by atoms with van der Waals surface area (Å²) in [6.45, 7) is 0. The van der Waals surface area contributed by atoms with Gasteiger partial charge in [0.15, 0.2) is 23.0 Å². The van der Waals surface area contributed by atoms with Crippen LogP contribution in [0.15, 0.2) is 72.8 Å². The Morgan fingerprint density at radius 3 is 0.952 bits per heavy atom. The number of methoxy groups -OCH3 is 6. The van der Waals surface area contributed by atoms with E-state index >= 15 is 0 Å². The highest BCUT2D eigenvalue weighted by molar-refractivity contribution is 5.93. The van der Waals surface area contributed by atoms with Crippen LogP contribution in [0.3, 0.4) is 0 Å². The molecule has 0 spiro atoms. The summed E-state index contributed by atoms with van der Waals surface area (Å²) >= 11 is 0. The lowest BCUT2D eigenvalue weighted by Gasteiger charge is -2.14. The summed E-state index contributed by atoms with van der Waals surface area (Å²) in [5.41, 5.74) is 2.21. The Morgan fingerprint density at radius 2 is 0.714 bits per heavy atom. The first-order chi connectivity index (χ1) is 20.3. The van der Waals surface area contributed by atoms with Crippen molar-refractivity contribution in [1.29, 1.82) is 0 Å². The van der Waals surface area contributed by atoms with E-state index in [2.05, 4.69) is 0 Å². The molecule has 10 nitrogen and oxygen atoms in total. The van der Waals surface area contributed by atoms with Crippen LogP contribution >= 0.6 is 0 Å². The predicted molar refractivity (Wildman–Crippen MR) is 154 cm³/mol. The van der Waals surface area contributed by atoms with E-state index in [0.717, 1.165) is 11.1 Å². The topological polar surface area (TPSA) is 108 Å². The van der Waals surface area contributed by atoms with E-state index in [1.807, 2.05) is 24.3 Å². The minimum atomic E-state index is -0.583. The van der Waals surface area contributed by atoms with Crippen LogP contribution in [-0.2, 0) is 0 Å². The highest BCUT2D eigenvalue weighted by Gasteiger charge is 2.20. The third-order valence-corrected chi connectivity index (χ3v) is 6.26. The van der Waals surface area contributed by atoms with Gasteiger partial charge < -0.3 is 37.9 Å². The zero-order chi connectivity index (χ0) is 30.2. The Hall–Kier alpha value is -5.38. The Kier molecular flexibility index (Phi) is 9.39. The van der Waals surface area contributed by atoms with Gasteiger partial charge in [-0.05, 0) is 59.7 Å². The number of hydrogen-bond donors (Lipinski definition) is 0. The van der Waals surface area contributed by atoms with Crippen LogP contribution in [0.2, 0.25) is 0 Å². The van der Waals surface area contributed by atoms with Gasteiger partial charge in [-0.1, -0.05) is 24.3 Å². The van der Waals surface area contributed by atoms with Crippen molar-refractivity contribution in [3.05, 3.63) is 83.9 Å². The first kappa shape index (κ1) is 29.6. The molecule has 0 bridgehead atoms. The molecule has 4 aromatic rings. The number of carbonyl (C=O) groups is 2. The zero-order valence-corrected chi connectivity index (χ0v) is 24.0.